The van der Waals surface area contributed by atoms with Crippen LogP contribution in [0.25, 0.3) is 0 Å². The molecule has 0 aliphatic carbocycles. The fourth-order valence-corrected chi connectivity index (χ4v) is 0.798. The normalized spacial score (nSPS) is 12.2. The number of nitrogens with two attached hydrogens (primary N) is 3. The Morgan fingerprint density at radius 3 is 2.46 bits per heavy atom. The van der Waals surface area contributed by atoms with Crippen molar-refractivity contribution in [3.63, 3.8) is 0 Å². The molecule has 0 unspecified atom stereocenters. The van der Waals surface area contributed by atoms with Gasteiger partial charge in [-0.1, -0.05) is 0 Å². The molecule has 0 aromatic carbocycles. The van der Waals surface area contributed by atoms with E-state index in [2.05, 4.69) is 4.99 Å². The maximum atomic E-state index is 11.9. The fraction of sp³-hybridized carbons (Fsp3) is 0.714. The van der Waals surface area contributed by atoms with Gasteiger partial charge in [0.25, 0.3) is 0 Å². The lowest BCUT2D eigenvalue weighted by Crippen LogP contribution is -2.27. The molecule has 0 spiro atoms. The van der Waals surface area contributed by atoms with Gasteiger partial charge in [-0.2, -0.15) is 4.39 Å². The van der Waals surface area contributed by atoms with Crippen molar-refractivity contribution in [1.29, 1.82) is 0 Å². The third kappa shape index (κ3) is 7.20. The highest BCUT2D eigenvalue weighted by atomic mass is 19.1. The van der Waals surface area contributed by atoms with E-state index in [4.69, 9.17) is 17.2 Å². The molecule has 0 radical (unpaired) electrons. The Hall–Kier alpha value is -1.17. The number of unbranched alkanes of at least 4 members (excludes halogenated alkanes) is 1. The molecule has 0 saturated carbocycles. The lowest BCUT2D eigenvalue weighted by molar-refractivity contribution is -0.130. The van der Waals surface area contributed by atoms with Crippen molar-refractivity contribution in [3.8, 4) is 0 Å². The van der Waals surface area contributed by atoms with Gasteiger partial charge in [0.05, 0.1) is 6.04 Å². The van der Waals surface area contributed by atoms with Crippen molar-refractivity contribution in [2.75, 3.05) is 6.54 Å². The molecular weight excluding hydrogens is 175 g/mol. The second-order valence-electron chi connectivity index (χ2n) is 2.71. The summed E-state index contributed by atoms with van der Waals surface area (Å²) in [5, 5.41) is 0. The first kappa shape index (κ1) is 11.8. The molecule has 5 nitrogen and oxygen atoms in total. The predicted molar refractivity (Wildman–Crippen MR) is 48.6 cm³/mol. The van der Waals surface area contributed by atoms with Crippen LogP contribution in [0.15, 0.2) is 4.99 Å². The van der Waals surface area contributed by atoms with Crippen LogP contribution in [0, 0.1) is 0 Å². The van der Waals surface area contributed by atoms with Crippen LogP contribution in [0.1, 0.15) is 19.3 Å². The van der Waals surface area contributed by atoms with Crippen LogP contribution in [0.5, 0.6) is 0 Å². The minimum atomic E-state index is -1.47. The quantitative estimate of drug-likeness (QED) is 0.222. The SMILES string of the molecule is NC(N)=NCCCC[C@H](N)C(=O)F. The summed E-state index contributed by atoms with van der Waals surface area (Å²) >= 11 is 0. The highest BCUT2D eigenvalue weighted by Crippen LogP contribution is 2.00. The second-order valence-corrected chi connectivity index (χ2v) is 2.71. The Balaban J connectivity index is 3.36. The van der Waals surface area contributed by atoms with Gasteiger partial charge in [-0.05, 0) is 19.3 Å². The number of rotatable bonds is 6. The summed E-state index contributed by atoms with van der Waals surface area (Å²) in [6.45, 7) is 0.482. The first-order chi connectivity index (χ1) is 6.04. The molecule has 0 aromatic rings. The largest absolute Gasteiger partial charge is 0.370 e. The van der Waals surface area contributed by atoms with Crippen molar-refractivity contribution in [2.24, 2.45) is 22.2 Å². The van der Waals surface area contributed by atoms with Crippen LogP contribution in [0.2, 0.25) is 0 Å². The van der Waals surface area contributed by atoms with Crippen LogP contribution in [0.4, 0.5) is 4.39 Å². The van der Waals surface area contributed by atoms with Crippen LogP contribution in [0.3, 0.4) is 0 Å². The first-order valence-electron chi connectivity index (χ1n) is 4.04. The van der Waals surface area contributed by atoms with Gasteiger partial charge in [-0.15, -0.1) is 0 Å². The van der Waals surface area contributed by atoms with Crippen molar-refractivity contribution in [1.82, 2.24) is 0 Å². The average molecular weight is 190 g/mol. The Morgan fingerprint density at radius 1 is 1.38 bits per heavy atom. The number of guanidine groups is 1. The van der Waals surface area contributed by atoms with E-state index in [0.717, 1.165) is 0 Å². The number of aliphatic imine (C=N–C) groups is 1. The molecule has 0 fully saturated rings. The summed E-state index contributed by atoms with van der Waals surface area (Å²) in [6, 6.07) is -2.47. The monoisotopic (exact) mass is 190 g/mol. The first-order valence-corrected chi connectivity index (χ1v) is 4.04. The van der Waals surface area contributed by atoms with E-state index in [1.165, 1.54) is 0 Å². The third-order valence-electron chi connectivity index (χ3n) is 1.51. The Labute approximate surface area is 76.2 Å². The van der Waals surface area contributed by atoms with Gasteiger partial charge in [0, 0.05) is 6.54 Å². The number of hydrogen-bond acceptors (Lipinski definition) is 3. The number of carbonyl (C=O) groups is 1. The van der Waals surface area contributed by atoms with Gasteiger partial charge in [-0.3, -0.25) is 9.79 Å². The molecule has 0 rings (SSSR count). The summed E-state index contributed by atoms with van der Waals surface area (Å²) < 4.78 is 11.9. The van der Waals surface area contributed by atoms with E-state index < -0.39 is 12.1 Å². The molecule has 13 heavy (non-hydrogen) atoms. The molecule has 0 aliphatic heterocycles. The summed E-state index contributed by atoms with van der Waals surface area (Å²) in [7, 11) is 0. The smallest absolute Gasteiger partial charge is 0.318 e. The standard InChI is InChI=1S/C7H15FN4O/c8-6(13)5(9)3-1-2-4-12-7(10)11/h5H,1-4,9H2,(H4,10,11,12)/t5-/m0/s1. The summed E-state index contributed by atoms with van der Waals surface area (Å²) in [5.74, 6) is 0.0332. The number of nitrogens with zero attached hydrogens (tertiary/aromatic N) is 1. The van der Waals surface area contributed by atoms with E-state index in [1.807, 2.05) is 0 Å². The van der Waals surface area contributed by atoms with Crippen molar-refractivity contribution >= 4 is 12.0 Å². The highest BCUT2D eigenvalue weighted by molar-refractivity contribution is 5.75. The fourth-order valence-electron chi connectivity index (χ4n) is 0.798. The molecule has 0 bridgehead atoms. The van der Waals surface area contributed by atoms with Crippen LogP contribution >= 0.6 is 0 Å². The van der Waals surface area contributed by atoms with E-state index in [1.54, 1.807) is 0 Å². The minimum absolute atomic E-state index is 0.0332. The lowest BCUT2D eigenvalue weighted by Gasteiger charge is -2.03. The van der Waals surface area contributed by atoms with Crippen LogP contribution in [-0.2, 0) is 4.79 Å². The summed E-state index contributed by atoms with van der Waals surface area (Å²) in [6.07, 6.45) is 1.65. The van der Waals surface area contributed by atoms with Crippen LogP contribution < -0.4 is 17.2 Å². The maximum absolute atomic E-state index is 11.9. The van der Waals surface area contributed by atoms with Crippen LogP contribution in [-0.4, -0.2) is 24.6 Å². The predicted octanol–water partition coefficient (Wildman–Crippen LogP) is -0.746. The van der Waals surface area contributed by atoms with Gasteiger partial charge in [-0.25, -0.2) is 0 Å². The Kier molecular flexibility index (Phi) is 5.79. The van der Waals surface area contributed by atoms with Gasteiger partial charge < -0.3 is 17.2 Å². The lowest BCUT2D eigenvalue weighted by atomic mass is 10.1. The van der Waals surface area contributed by atoms with Gasteiger partial charge >= 0.3 is 6.04 Å². The van der Waals surface area contributed by atoms with Gasteiger partial charge in [0.15, 0.2) is 5.96 Å². The average Bonchev–Trinajstić information content (AvgIpc) is 2.02. The molecule has 76 valence electrons. The topological polar surface area (TPSA) is 107 Å². The van der Waals surface area contributed by atoms with Crippen molar-refractivity contribution < 1.29 is 9.18 Å². The number of hydrogen-bond donors (Lipinski definition) is 3. The van der Waals surface area contributed by atoms with E-state index >= 15 is 0 Å². The van der Waals surface area contributed by atoms with E-state index in [0.29, 0.717) is 25.8 Å². The molecule has 6 N–H and O–H groups in total. The zero-order valence-corrected chi connectivity index (χ0v) is 7.37. The third-order valence-corrected chi connectivity index (χ3v) is 1.51. The Morgan fingerprint density at radius 2 is 2.00 bits per heavy atom. The molecule has 0 amide bonds. The molecular formula is C7H15FN4O. The Bertz CT molecular complexity index is 191. The van der Waals surface area contributed by atoms with Crippen molar-refractivity contribution in [2.45, 2.75) is 25.3 Å². The van der Waals surface area contributed by atoms with E-state index in [-0.39, 0.29) is 5.96 Å². The summed E-state index contributed by atoms with van der Waals surface area (Å²) in [5.41, 5.74) is 15.3. The number of halogens is 1. The molecule has 0 aromatic heterocycles. The van der Waals surface area contributed by atoms with Gasteiger partial charge in [0.2, 0.25) is 0 Å². The molecule has 6 heteroatoms. The highest BCUT2D eigenvalue weighted by Gasteiger charge is 2.10. The van der Waals surface area contributed by atoms with Crippen molar-refractivity contribution in [3.05, 3.63) is 0 Å². The summed E-state index contributed by atoms with van der Waals surface area (Å²) in [4.78, 5) is 13.8. The molecule has 0 heterocycles. The molecule has 1 atom stereocenters. The zero-order chi connectivity index (χ0) is 10.3. The number of carbonyl (C=O) groups excluding carboxylic acids is 1. The van der Waals surface area contributed by atoms with E-state index in [9.17, 15) is 9.18 Å². The minimum Gasteiger partial charge on any atom is -0.370 e. The van der Waals surface area contributed by atoms with Gasteiger partial charge in [0.1, 0.15) is 0 Å². The zero-order valence-electron chi connectivity index (χ0n) is 7.37. The molecule has 0 aliphatic rings. The second kappa shape index (κ2) is 6.36. The maximum Gasteiger partial charge on any atom is 0.318 e. The molecule has 0 saturated heterocycles.